The van der Waals surface area contributed by atoms with E-state index in [1.807, 2.05) is 25.1 Å². The molecule has 0 spiro atoms. The summed E-state index contributed by atoms with van der Waals surface area (Å²) in [4.78, 5) is 11.9. The molecule has 0 aliphatic heterocycles. The van der Waals surface area contributed by atoms with Crippen LogP contribution >= 0.6 is 0 Å². The summed E-state index contributed by atoms with van der Waals surface area (Å²) in [5.41, 5.74) is 1.28. The average Bonchev–Trinajstić information content (AvgIpc) is 2.93. The van der Waals surface area contributed by atoms with Gasteiger partial charge in [-0.3, -0.25) is 10.00 Å². The maximum absolute atomic E-state index is 11.9. The van der Waals surface area contributed by atoms with E-state index in [4.69, 9.17) is 0 Å². The van der Waals surface area contributed by atoms with Gasteiger partial charge in [0.15, 0.2) is 5.82 Å². The fourth-order valence-corrected chi connectivity index (χ4v) is 2.17. The van der Waals surface area contributed by atoms with Crippen molar-refractivity contribution in [3.63, 3.8) is 0 Å². The van der Waals surface area contributed by atoms with E-state index in [1.54, 1.807) is 10.9 Å². The van der Waals surface area contributed by atoms with E-state index < -0.39 is 0 Å². The SMILES string of the molecule is CCCn1cc(NC(=O)N[C@@H](C)CCc2ccccc2)nn1. The molecule has 0 radical (unpaired) electrons. The van der Waals surface area contributed by atoms with Crippen molar-refractivity contribution >= 4 is 11.8 Å². The second kappa shape index (κ2) is 8.17. The van der Waals surface area contributed by atoms with Crippen molar-refractivity contribution < 1.29 is 4.79 Å². The second-order valence-corrected chi connectivity index (χ2v) is 5.39. The van der Waals surface area contributed by atoms with E-state index in [1.165, 1.54) is 5.56 Å². The van der Waals surface area contributed by atoms with Gasteiger partial charge in [-0.25, -0.2) is 4.79 Å². The van der Waals surface area contributed by atoms with Crippen molar-refractivity contribution in [1.82, 2.24) is 20.3 Å². The van der Waals surface area contributed by atoms with Crippen molar-refractivity contribution in [3.05, 3.63) is 42.1 Å². The molecule has 0 saturated heterocycles. The first kappa shape index (κ1) is 16.0. The quantitative estimate of drug-likeness (QED) is 0.826. The van der Waals surface area contributed by atoms with Gasteiger partial charge in [0.1, 0.15) is 0 Å². The second-order valence-electron chi connectivity index (χ2n) is 5.39. The first-order valence-corrected chi connectivity index (χ1v) is 7.69. The van der Waals surface area contributed by atoms with Crippen LogP contribution in [0.5, 0.6) is 0 Å². The van der Waals surface area contributed by atoms with Crippen LogP contribution in [0.4, 0.5) is 10.6 Å². The number of nitrogens with zero attached hydrogens (tertiary/aromatic N) is 3. The summed E-state index contributed by atoms with van der Waals surface area (Å²) in [6, 6.07) is 10.1. The Balaban J connectivity index is 1.73. The molecule has 6 nitrogen and oxygen atoms in total. The predicted octanol–water partition coefficient (Wildman–Crippen LogP) is 2.83. The van der Waals surface area contributed by atoms with Crippen LogP contribution in [-0.2, 0) is 13.0 Å². The van der Waals surface area contributed by atoms with Crippen LogP contribution in [0.1, 0.15) is 32.3 Å². The number of nitrogens with one attached hydrogen (secondary N) is 2. The molecule has 0 aliphatic rings. The molecule has 2 rings (SSSR count). The summed E-state index contributed by atoms with van der Waals surface area (Å²) in [6.45, 7) is 4.86. The molecule has 1 heterocycles. The third kappa shape index (κ3) is 5.20. The van der Waals surface area contributed by atoms with Crippen LogP contribution in [0.25, 0.3) is 0 Å². The maximum atomic E-state index is 11.9. The van der Waals surface area contributed by atoms with Gasteiger partial charge in [0, 0.05) is 12.6 Å². The van der Waals surface area contributed by atoms with Gasteiger partial charge in [-0.2, -0.15) is 0 Å². The minimum absolute atomic E-state index is 0.0888. The summed E-state index contributed by atoms with van der Waals surface area (Å²) in [6.07, 6.45) is 4.54. The van der Waals surface area contributed by atoms with E-state index in [0.717, 1.165) is 25.8 Å². The van der Waals surface area contributed by atoms with E-state index >= 15 is 0 Å². The molecule has 0 fully saturated rings. The molecule has 1 aromatic carbocycles. The minimum Gasteiger partial charge on any atom is -0.335 e. The number of hydrogen-bond donors (Lipinski definition) is 2. The lowest BCUT2D eigenvalue weighted by Crippen LogP contribution is -2.36. The Morgan fingerprint density at radius 2 is 2.09 bits per heavy atom. The lowest BCUT2D eigenvalue weighted by Gasteiger charge is -2.13. The van der Waals surface area contributed by atoms with Gasteiger partial charge in [0.25, 0.3) is 0 Å². The number of amides is 2. The van der Waals surface area contributed by atoms with Crippen molar-refractivity contribution in [2.45, 2.75) is 45.7 Å². The van der Waals surface area contributed by atoms with Gasteiger partial charge in [-0.05, 0) is 31.7 Å². The highest BCUT2D eigenvalue weighted by Gasteiger charge is 2.09. The summed E-state index contributed by atoms with van der Waals surface area (Å²) in [5.74, 6) is 0.473. The Morgan fingerprint density at radius 3 is 2.82 bits per heavy atom. The summed E-state index contributed by atoms with van der Waals surface area (Å²) >= 11 is 0. The first-order valence-electron chi connectivity index (χ1n) is 7.69. The number of carbonyl (C=O) groups excluding carboxylic acids is 1. The summed E-state index contributed by atoms with van der Waals surface area (Å²) in [5, 5.41) is 13.5. The van der Waals surface area contributed by atoms with Crippen molar-refractivity contribution in [2.24, 2.45) is 0 Å². The van der Waals surface area contributed by atoms with Crippen LogP contribution in [-0.4, -0.2) is 27.1 Å². The molecule has 1 atom stereocenters. The van der Waals surface area contributed by atoms with Crippen LogP contribution in [0.15, 0.2) is 36.5 Å². The fraction of sp³-hybridized carbons (Fsp3) is 0.438. The zero-order valence-corrected chi connectivity index (χ0v) is 13.1. The third-order valence-corrected chi connectivity index (χ3v) is 3.32. The Labute approximate surface area is 130 Å². The van der Waals surface area contributed by atoms with Gasteiger partial charge < -0.3 is 5.32 Å². The van der Waals surface area contributed by atoms with Gasteiger partial charge >= 0.3 is 6.03 Å². The molecule has 2 aromatic rings. The molecule has 118 valence electrons. The molecule has 0 aliphatic carbocycles. The average molecular weight is 301 g/mol. The van der Waals surface area contributed by atoms with Crippen molar-refractivity contribution in [2.75, 3.05) is 5.32 Å². The Bertz CT molecular complexity index is 581. The van der Waals surface area contributed by atoms with Gasteiger partial charge in [0.2, 0.25) is 0 Å². The molecule has 0 saturated carbocycles. The molecule has 0 bridgehead atoms. The smallest absolute Gasteiger partial charge is 0.320 e. The summed E-state index contributed by atoms with van der Waals surface area (Å²) in [7, 11) is 0. The minimum atomic E-state index is -0.246. The number of carbonyl (C=O) groups is 1. The molecule has 0 unspecified atom stereocenters. The molecule has 2 amide bonds. The van der Waals surface area contributed by atoms with Gasteiger partial charge in [0.05, 0.1) is 6.20 Å². The lowest BCUT2D eigenvalue weighted by atomic mass is 10.1. The summed E-state index contributed by atoms with van der Waals surface area (Å²) < 4.78 is 1.72. The number of urea groups is 1. The van der Waals surface area contributed by atoms with Crippen LogP contribution < -0.4 is 10.6 Å². The molecular weight excluding hydrogens is 278 g/mol. The number of anilines is 1. The molecule has 2 N–H and O–H groups in total. The molecule has 6 heteroatoms. The maximum Gasteiger partial charge on any atom is 0.320 e. The number of rotatable bonds is 7. The number of aromatic nitrogens is 3. The molecular formula is C16H23N5O. The predicted molar refractivity (Wildman–Crippen MR) is 86.7 cm³/mol. The lowest BCUT2D eigenvalue weighted by molar-refractivity contribution is 0.248. The van der Waals surface area contributed by atoms with Crippen molar-refractivity contribution in [3.8, 4) is 0 Å². The van der Waals surface area contributed by atoms with E-state index in [-0.39, 0.29) is 12.1 Å². The van der Waals surface area contributed by atoms with E-state index in [0.29, 0.717) is 5.82 Å². The molecule has 1 aromatic heterocycles. The Kier molecular flexibility index (Phi) is 5.94. The fourth-order valence-electron chi connectivity index (χ4n) is 2.17. The monoisotopic (exact) mass is 301 g/mol. The number of aryl methyl sites for hydroxylation is 2. The standard InChI is InChI=1S/C16H23N5O/c1-3-11-21-12-15(19-20-21)18-16(22)17-13(2)9-10-14-7-5-4-6-8-14/h4-8,12-13H,3,9-11H2,1-2H3,(H2,17,18,22)/t13-/m0/s1. The number of benzene rings is 1. The Morgan fingerprint density at radius 1 is 1.32 bits per heavy atom. The normalized spacial score (nSPS) is 11.9. The topological polar surface area (TPSA) is 71.8 Å². The zero-order valence-electron chi connectivity index (χ0n) is 13.1. The zero-order chi connectivity index (χ0) is 15.8. The third-order valence-electron chi connectivity index (χ3n) is 3.32. The van der Waals surface area contributed by atoms with Gasteiger partial charge in [-0.1, -0.05) is 42.5 Å². The van der Waals surface area contributed by atoms with Crippen molar-refractivity contribution in [1.29, 1.82) is 0 Å². The van der Waals surface area contributed by atoms with E-state index in [2.05, 4.69) is 40.0 Å². The highest BCUT2D eigenvalue weighted by Crippen LogP contribution is 2.05. The Hall–Kier alpha value is -2.37. The van der Waals surface area contributed by atoms with E-state index in [9.17, 15) is 4.79 Å². The van der Waals surface area contributed by atoms with Crippen LogP contribution in [0, 0.1) is 0 Å². The first-order chi connectivity index (χ1) is 10.7. The highest BCUT2D eigenvalue weighted by atomic mass is 16.2. The largest absolute Gasteiger partial charge is 0.335 e. The van der Waals surface area contributed by atoms with Crippen LogP contribution in [0.3, 0.4) is 0 Å². The highest BCUT2D eigenvalue weighted by molar-refractivity contribution is 5.88. The molecule has 22 heavy (non-hydrogen) atoms. The number of hydrogen-bond acceptors (Lipinski definition) is 3. The van der Waals surface area contributed by atoms with Gasteiger partial charge in [-0.15, -0.1) is 5.10 Å². The van der Waals surface area contributed by atoms with Crippen LogP contribution in [0.2, 0.25) is 0 Å².